The summed E-state index contributed by atoms with van der Waals surface area (Å²) in [7, 11) is 3.50. The molecule has 1 aliphatic rings. The van der Waals surface area contributed by atoms with Gasteiger partial charge >= 0.3 is 0 Å². The Morgan fingerprint density at radius 2 is 1.34 bits per heavy atom. The first-order valence-electron chi connectivity index (χ1n) is 10.4. The predicted molar refractivity (Wildman–Crippen MR) is 115 cm³/mol. The summed E-state index contributed by atoms with van der Waals surface area (Å²) in [6.45, 7) is 3.15. The van der Waals surface area contributed by atoms with E-state index in [1.165, 1.54) is 11.1 Å². The van der Waals surface area contributed by atoms with Crippen LogP contribution in [0.25, 0.3) is 0 Å². The molecule has 2 amide bonds. The second kappa shape index (κ2) is 10.2. The molecule has 0 saturated carbocycles. The molecule has 154 valence electrons. The monoisotopic (exact) mass is 393 g/mol. The maximum Gasteiger partial charge on any atom is 0.222 e. The maximum atomic E-state index is 12.5. The van der Waals surface area contributed by atoms with Crippen molar-refractivity contribution in [3.05, 3.63) is 71.8 Å². The molecule has 5 nitrogen and oxygen atoms in total. The van der Waals surface area contributed by atoms with E-state index < -0.39 is 0 Å². The number of piperazine rings is 1. The average Bonchev–Trinajstić information content (AvgIpc) is 2.75. The van der Waals surface area contributed by atoms with Crippen LogP contribution in [0, 0.1) is 0 Å². The zero-order chi connectivity index (χ0) is 20.6. The van der Waals surface area contributed by atoms with Crippen LogP contribution in [0.4, 0.5) is 0 Å². The van der Waals surface area contributed by atoms with Gasteiger partial charge in [-0.2, -0.15) is 0 Å². The molecule has 0 atom stereocenters. The Bertz CT molecular complexity index is 745. The lowest BCUT2D eigenvalue weighted by atomic mass is 9.96. The van der Waals surface area contributed by atoms with Gasteiger partial charge in [-0.1, -0.05) is 60.7 Å². The summed E-state index contributed by atoms with van der Waals surface area (Å²) in [4.78, 5) is 30.2. The third-order valence-corrected chi connectivity index (χ3v) is 5.54. The summed E-state index contributed by atoms with van der Waals surface area (Å²) >= 11 is 0. The highest BCUT2D eigenvalue weighted by molar-refractivity contribution is 5.78. The van der Waals surface area contributed by atoms with Crippen LogP contribution in [0.5, 0.6) is 0 Å². The molecule has 0 unspecified atom stereocenters. The van der Waals surface area contributed by atoms with Gasteiger partial charge < -0.3 is 9.80 Å². The second-order valence-electron chi connectivity index (χ2n) is 7.78. The molecule has 0 N–H and O–H groups in total. The smallest absolute Gasteiger partial charge is 0.222 e. The van der Waals surface area contributed by atoms with Gasteiger partial charge in [0.15, 0.2) is 0 Å². The number of rotatable bonds is 7. The van der Waals surface area contributed by atoms with Gasteiger partial charge in [0.2, 0.25) is 11.8 Å². The van der Waals surface area contributed by atoms with Crippen LogP contribution in [0.2, 0.25) is 0 Å². The van der Waals surface area contributed by atoms with Gasteiger partial charge in [-0.3, -0.25) is 14.5 Å². The summed E-state index contributed by atoms with van der Waals surface area (Å²) in [5.41, 5.74) is 2.56. The van der Waals surface area contributed by atoms with Crippen molar-refractivity contribution in [2.75, 3.05) is 40.3 Å². The molecule has 1 heterocycles. The number of carbonyl (C=O) groups is 2. The minimum Gasteiger partial charge on any atom is -0.349 e. The summed E-state index contributed by atoms with van der Waals surface area (Å²) in [5, 5.41) is 0. The highest BCUT2D eigenvalue weighted by atomic mass is 16.2. The molecule has 1 aliphatic heterocycles. The van der Waals surface area contributed by atoms with Crippen LogP contribution >= 0.6 is 0 Å². The first kappa shape index (κ1) is 21.1. The van der Waals surface area contributed by atoms with Gasteiger partial charge in [0, 0.05) is 53.1 Å². The molecular formula is C24H31N3O2. The zero-order valence-electron chi connectivity index (χ0n) is 17.5. The fourth-order valence-corrected chi connectivity index (χ4v) is 3.89. The normalized spacial score (nSPS) is 14.8. The average molecular weight is 394 g/mol. The molecular weight excluding hydrogens is 362 g/mol. The van der Waals surface area contributed by atoms with E-state index in [0.717, 1.165) is 26.2 Å². The molecule has 0 aliphatic carbocycles. The quantitative estimate of drug-likeness (QED) is 0.726. The van der Waals surface area contributed by atoms with Crippen molar-refractivity contribution in [1.29, 1.82) is 0 Å². The number of carbonyl (C=O) groups excluding carboxylic acids is 2. The van der Waals surface area contributed by atoms with Crippen LogP contribution in [0.3, 0.4) is 0 Å². The Morgan fingerprint density at radius 3 is 1.83 bits per heavy atom. The van der Waals surface area contributed by atoms with Crippen LogP contribution in [-0.4, -0.2) is 66.8 Å². The van der Waals surface area contributed by atoms with E-state index >= 15 is 0 Å². The Kier molecular flexibility index (Phi) is 7.42. The molecule has 3 rings (SSSR count). The van der Waals surface area contributed by atoms with E-state index in [1.807, 2.05) is 17.0 Å². The molecule has 0 bridgehead atoms. The van der Waals surface area contributed by atoms with E-state index in [4.69, 9.17) is 0 Å². The van der Waals surface area contributed by atoms with Crippen molar-refractivity contribution in [1.82, 2.24) is 14.7 Å². The van der Waals surface area contributed by atoms with Crippen molar-refractivity contribution in [3.63, 3.8) is 0 Å². The number of hydrogen-bond acceptors (Lipinski definition) is 3. The summed E-state index contributed by atoms with van der Waals surface area (Å²) in [5.74, 6) is 0.239. The second-order valence-corrected chi connectivity index (χ2v) is 7.78. The number of benzene rings is 2. The van der Waals surface area contributed by atoms with Crippen LogP contribution < -0.4 is 0 Å². The Morgan fingerprint density at radius 1 is 0.828 bits per heavy atom. The first-order chi connectivity index (χ1) is 14.1. The maximum absolute atomic E-state index is 12.5. The van der Waals surface area contributed by atoms with Gasteiger partial charge in [0.05, 0.1) is 6.04 Å². The van der Waals surface area contributed by atoms with Gasteiger partial charge in [-0.05, 0) is 17.5 Å². The van der Waals surface area contributed by atoms with Crippen molar-refractivity contribution in [3.8, 4) is 0 Å². The van der Waals surface area contributed by atoms with E-state index in [-0.39, 0.29) is 17.9 Å². The number of hydrogen-bond donors (Lipinski definition) is 0. The topological polar surface area (TPSA) is 43.9 Å². The molecule has 0 spiro atoms. The molecule has 0 radical (unpaired) electrons. The van der Waals surface area contributed by atoms with Crippen molar-refractivity contribution in [2.24, 2.45) is 0 Å². The Hall–Kier alpha value is -2.66. The SMILES string of the molecule is CN(C)C(=O)CCCC(=O)N1CCN(C(c2ccccc2)c2ccccc2)CC1. The van der Waals surface area contributed by atoms with Crippen molar-refractivity contribution < 1.29 is 9.59 Å². The minimum absolute atomic E-state index is 0.0798. The summed E-state index contributed by atoms with van der Waals surface area (Å²) in [6, 6.07) is 21.3. The van der Waals surface area contributed by atoms with Crippen LogP contribution in [-0.2, 0) is 9.59 Å². The standard InChI is InChI=1S/C24H31N3O2/c1-25(2)22(28)14-9-15-23(29)26-16-18-27(19-17-26)24(20-10-5-3-6-11-20)21-12-7-4-8-13-21/h3-8,10-13,24H,9,14-19H2,1-2H3. The van der Waals surface area contributed by atoms with E-state index in [1.54, 1.807) is 19.0 Å². The molecule has 29 heavy (non-hydrogen) atoms. The molecule has 1 fully saturated rings. The van der Waals surface area contributed by atoms with Gasteiger partial charge in [-0.25, -0.2) is 0 Å². The highest BCUT2D eigenvalue weighted by Crippen LogP contribution is 2.29. The molecule has 2 aromatic rings. The number of nitrogens with zero attached hydrogens (tertiary/aromatic N) is 3. The molecule has 1 saturated heterocycles. The van der Waals surface area contributed by atoms with Gasteiger partial charge in [-0.15, -0.1) is 0 Å². The van der Waals surface area contributed by atoms with E-state index in [0.29, 0.717) is 19.3 Å². The Balaban J connectivity index is 1.59. The fourth-order valence-electron chi connectivity index (χ4n) is 3.89. The van der Waals surface area contributed by atoms with Gasteiger partial charge in [0.25, 0.3) is 0 Å². The lowest BCUT2D eigenvalue weighted by Gasteiger charge is -2.40. The third kappa shape index (κ3) is 5.67. The first-order valence-corrected chi connectivity index (χ1v) is 10.4. The Labute approximate surface area is 173 Å². The third-order valence-electron chi connectivity index (χ3n) is 5.54. The largest absolute Gasteiger partial charge is 0.349 e. The van der Waals surface area contributed by atoms with E-state index in [9.17, 15) is 9.59 Å². The van der Waals surface area contributed by atoms with Crippen LogP contribution in [0.15, 0.2) is 60.7 Å². The van der Waals surface area contributed by atoms with Gasteiger partial charge in [0.1, 0.15) is 0 Å². The summed E-state index contributed by atoms with van der Waals surface area (Å²) in [6.07, 6.45) is 1.50. The van der Waals surface area contributed by atoms with Crippen LogP contribution in [0.1, 0.15) is 36.4 Å². The predicted octanol–water partition coefficient (Wildman–Crippen LogP) is 3.18. The molecule has 0 aromatic heterocycles. The number of amides is 2. The fraction of sp³-hybridized carbons (Fsp3) is 0.417. The molecule has 5 heteroatoms. The zero-order valence-corrected chi connectivity index (χ0v) is 17.5. The van der Waals surface area contributed by atoms with Crippen molar-refractivity contribution in [2.45, 2.75) is 25.3 Å². The summed E-state index contributed by atoms with van der Waals surface area (Å²) < 4.78 is 0. The highest BCUT2D eigenvalue weighted by Gasteiger charge is 2.27. The van der Waals surface area contributed by atoms with E-state index in [2.05, 4.69) is 53.4 Å². The lowest BCUT2D eigenvalue weighted by molar-refractivity contribution is -0.133. The molecule has 2 aromatic carbocycles. The minimum atomic E-state index is 0.0798. The lowest BCUT2D eigenvalue weighted by Crippen LogP contribution is -2.49. The van der Waals surface area contributed by atoms with Crippen molar-refractivity contribution >= 4 is 11.8 Å².